The van der Waals surface area contributed by atoms with Crippen LogP contribution in [0.3, 0.4) is 0 Å². The minimum atomic E-state index is 0.603. The van der Waals surface area contributed by atoms with Crippen molar-refractivity contribution in [3.05, 3.63) is 36.0 Å². The molecule has 0 saturated heterocycles. The second-order valence-electron chi connectivity index (χ2n) is 5.05. The Hall–Kier alpha value is -2.14. The van der Waals surface area contributed by atoms with Gasteiger partial charge in [0.2, 0.25) is 5.88 Å². The first-order valence-electron chi connectivity index (χ1n) is 6.86. The molecule has 0 fully saturated rings. The Morgan fingerprint density at radius 2 is 1.81 bits per heavy atom. The lowest BCUT2D eigenvalue weighted by Gasteiger charge is -2.11. The van der Waals surface area contributed by atoms with Gasteiger partial charge in [-0.25, -0.2) is 4.98 Å². The van der Waals surface area contributed by atoms with Crippen molar-refractivity contribution in [1.82, 2.24) is 14.9 Å². The summed E-state index contributed by atoms with van der Waals surface area (Å²) in [6.07, 6.45) is 0. The second-order valence-corrected chi connectivity index (χ2v) is 5.05. The lowest BCUT2D eigenvalue weighted by Crippen LogP contribution is -2.19. The highest BCUT2D eigenvalue weighted by molar-refractivity contribution is 5.56. The molecule has 2 rings (SSSR count). The van der Waals surface area contributed by atoms with E-state index in [-0.39, 0.29) is 0 Å². The molecule has 112 valence electrons. The van der Waals surface area contributed by atoms with Crippen LogP contribution in [0.5, 0.6) is 11.6 Å². The summed E-state index contributed by atoms with van der Waals surface area (Å²) < 4.78 is 10.8. The van der Waals surface area contributed by atoms with Gasteiger partial charge in [0.15, 0.2) is 5.82 Å². The van der Waals surface area contributed by atoms with Gasteiger partial charge in [-0.3, -0.25) is 0 Å². The molecule has 0 saturated carbocycles. The predicted molar refractivity (Wildman–Crippen MR) is 82.8 cm³/mol. The van der Waals surface area contributed by atoms with Gasteiger partial charge >= 0.3 is 0 Å². The van der Waals surface area contributed by atoms with Crippen molar-refractivity contribution in [2.75, 3.05) is 34.4 Å². The second kappa shape index (κ2) is 7.04. The number of aryl methyl sites for hydroxylation is 1. The number of likely N-dealkylation sites (N-methyl/N-ethyl adjacent to an activating group) is 1. The lowest BCUT2D eigenvalue weighted by molar-refractivity contribution is 0.253. The molecule has 0 unspecified atom stereocenters. The molecule has 0 N–H and O–H groups in total. The van der Waals surface area contributed by atoms with Crippen LogP contribution < -0.4 is 9.47 Å². The zero-order chi connectivity index (χ0) is 15.2. The summed E-state index contributed by atoms with van der Waals surface area (Å²) in [5.74, 6) is 2.08. The average Bonchev–Trinajstić information content (AvgIpc) is 2.46. The van der Waals surface area contributed by atoms with Gasteiger partial charge in [0.1, 0.15) is 12.4 Å². The van der Waals surface area contributed by atoms with E-state index >= 15 is 0 Å². The maximum Gasteiger partial charge on any atom is 0.217 e. The van der Waals surface area contributed by atoms with Crippen LogP contribution in [0, 0.1) is 6.92 Å². The number of hydrogen-bond donors (Lipinski definition) is 0. The first-order valence-corrected chi connectivity index (χ1v) is 6.86. The van der Waals surface area contributed by atoms with E-state index in [0.717, 1.165) is 23.6 Å². The highest BCUT2D eigenvalue weighted by Crippen LogP contribution is 2.21. The quantitative estimate of drug-likeness (QED) is 0.816. The van der Waals surface area contributed by atoms with Crippen LogP contribution in [0.1, 0.15) is 5.69 Å². The van der Waals surface area contributed by atoms with E-state index in [0.29, 0.717) is 18.3 Å². The Morgan fingerprint density at radius 3 is 2.43 bits per heavy atom. The van der Waals surface area contributed by atoms with Crippen molar-refractivity contribution in [1.29, 1.82) is 0 Å². The van der Waals surface area contributed by atoms with E-state index < -0.39 is 0 Å². The van der Waals surface area contributed by atoms with Crippen LogP contribution in [0.25, 0.3) is 11.4 Å². The third kappa shape index (κ3) is 4.43. The van der Waals surface area contributed by atoms with Crippen LogP contribution in [0.4, 0.5) is 0 Å². The van der Waals surface area contributed by atoms with Gasteiger partial charge < -0.3 is 14.4 Å². The molecule has 1 aromatic heterocycles. The number of ether oxygens (including phenoxy) is 2. The SMILES string of the molecule is COc1ccc(-c2nc(C)cc(OCCN(C)C)n2)cc1. The molecule has 21 heavy (non-hydrogen) atoms. The van der Waals surface area contributed by atoms with Gasteiger partial charge in [-0.15, -0.1) is 0 Å². The number of hydrogen-bond acceptors (Lipinski definition) is 5. The Labute approximate surface area is 125 Å². The molecule has 0 amide bonds. The lowest BCUT2D eigenvalue weighted by atomic mass is 10.2. The molecule has 0 aliphatic heterocycles. The van der Waals surface area contributed by atoms with E-state index in [1.54, 1.807) is 7.11 Å². The Morgan fingerprint density at radius 1 is 1.10 bits per heavy atom. The number of nitrogens with zero attached hydrogens (tertiary/aromatic N) is 3. The van der Waals surface area contributed by atoms with Crippen molar-refractivity contribution in [2.24, 2.45) is 0 Å². The van der Waals surface area contributed by atoms with E-state index in [2.05, 4.69) is 14.9 Å². The monoisotopic (exact) mass is 287 g/mol. The van der Waals surface area contributed by atoms with Crippen LogP contribution >= 0.6 is 0 Å². The van der Waals surface area contributed by atoms with Gasteiger partial charge in [-0.05, 0) is 45.3 Å². The molecule has 0 atom stereocenters. The van der Waals surface area contributed by atoms with Gasteiger partial charge in [-0.2, -0.15) is 4.98 Å². The number of benzene rings is 1. The van der Waals surface area contributed by atoms with Crippen molar-refractivity contribution >= 4 is 0 Å². The molecule has 5 nitrogen and oxygen atoms in total. The van der Waals surface area contributed by atoms with Crippen LogP contribution in [0.15, 0.2) is 30.3 Å². The molecular formula is C16H21N3O2. The molecule has 1 aromatic carbocycles. The fraction of sp³-hybridized carbons (Fsp3) is 0.375. The fourth-order valence-corrected chi connectivity index (χ4v) is 1.82. The summed E-state index contributed by atoms with van der Waals surface area (Å²) in [7, 11) is 5.67. The molecule has 0 bridgehead atoms. The molecule has 5 heteroatoms. The maximum absolute atomic E-state index is 5.69. The highest BCUT2D eigenvalue weighted by Gasteiger charge is 2.06. The highest BCUT2D eigenvalue weighted by atomic mass is 16.5. The van der Waals surface area contributed by atoms with Crippen molar-refractivity contribution in [2.45, 2.75) is 6.92 Å². The smallest absolute Gasteiger partial charge is 0.217 e. The molecule has 0 aliphatic rings. The Bertz CT molecular complexity index is 583. The predicted octanol–water partition coefficient (Wildman–Crippen LogP) is 2.40. The Kier molecular flexibility index (Phi) is 5.11. The van der Waals surface area contributed by atoms with Gasteiger partial charge in [-0.1, -0.05) is 0 Å². The zero-order valence-corrected chi connectivity index (χ0v) is 13.0. The number of methoxy groups -OCH3 is 1. The fourth-order valence-electron chi connectivity index (χ4n) is 1.82. The number of rotatable bonds is 6. The van der Waals surface area contributed by atoms with Gasteiger partial charge in [0, 0.05) is 23.9 Å². The summed E-state index contributed by atoms with van der Waals surface area (Å²) in [4.78, 5) is 11.0. The minimum absolute atomic E-state index is 0.603. The summed E-state index contributed by atoms with van der Waals surface area (Å²) in [6, 6.07) is 9.53. The van der Waals surface area contributed by atoms with Crippen molar-refractivity contribution in [3.63, 3.8) is 0 Å². The molecule has 1 heterocycles. The summed E-state index contributed by atoms with van der Waals surface area (Å²) in [5.41, 5.74) is 1.83. The molecule has 0 radical (unpaired) electrons. The normalized spacial score (nSPS) is 10.7. The van der Waals surface area contributed by atoms with E-state index in [1.165, 1.54) is 0 Å². The minimum Gasteiger partial charge on any atom is -0.497 e. The van der Waals surface area contributed by atoms with E-state index in [1.807, 2.05) is 51.4 Å². The van der Waals surface area contributed by atoms with Crippen LogP contribution in [-0.4, -0.2) is 49.2 Å². The first-order chi connectivity index (χ1) is 10.1. The Balaban J connectivity index is 2.17. The molecule has 2 aromatic rings. The third-order valence-corrected chi connectivity index (χ3v) is 2.97. The molecular weight excluding hydrogens is 266 g/mol. The van der Waals surface area contributed by atoms with Gasteiger partial charge in [0.05, 0.1) is 7.11 Å². The van der Waals surface area contributed by atoms with Crippen molar-refractivity contribution in [3.8, 4) is 23.0 Å². The molecule has 0 spiro atoms. The van der Waals surface area contributed by atoms with E-state index in [4.69, 9.17) is 9.47 Å². The van der Waals surface area contributed by atoms with Crippen LogP contribution in [0.2, 0.25) is 0 Å². The standard InChI is InChI=1S/C16H21N3O2/c1-12-11-15(21-10-9-19(2)3)18-16(17-12)13-5-7-14(20-4)8-6-13/h5-8,11H,9-10H2,1-4H3. The van der Waals surface area contributed by atoms with E-state index in [9.17, 15) is 0 Å². The van der Waals surface area contributed by atoms with Crippen LogP contribution in [-0.2, 0) is 0 Å². The number of aromatic nitrogens is 2. The zero-order valence-electron chi connectivity index (χ0n) is 13.0. The largest absolute Gasteiger partial charge is 0.497 e. The first kappa shape index (κ1) is 15.3. The van der Waals surface area contributed by atoms with Gasteiger partial charge in [0.25, 0.3) is 0 Å². The summed E-state index contributed by atoms with van der Waals surface area (Å²) in [6.45, 7) is 3.39. The summed E-state index contributed by atoms with van der Waals surface area (Å²) >= 11 is 0. The average molecular weight is 287 g/mol. The third-order valence-electron chi connectivity index (χ3n) is 2.97. The van der Waals surface area contributed by atoms with Crippen molar-refractivity contribution < 1.29 is 9.47 Å². The molecule has 0 aliphatic carbocycles. The topological polar surface area (TPSA) is 47.5 Å². The summed E-state index contributed by atoms with van der Waals surface area (Å²) in [5, 5.41) is 0. The maximum atomic E-state index is 5.69.